The fourth-order valence-corrected chi connectivity index (χ4v) is 3.60. The lowest BCUT2D eigenvalue weighted by atomic mass is 9.93. The minimum atomic E-state index is 0.430. The molecule has 1 N–H and O–H groups in total. The highest BCUT2D eigenvalue weighted by Gasteiger charge is 2.21. The van der Waals surface area contributed by atoms with Gasteiger partial charge in [0.15, 0.2) is 5.13 Å². The third-order valence-corrected chi connectivity index (χ3v) is 4.88. The maximum Gasteiger partial charge on any atom is 0.184 e. The molecule has 1 saturated heterocycles. The summed E-state index contributed by atoms with van der Waals surface area (Å²) in [6.07, 6.45) is 2.26. The van der Waals surface area contributed by atoms with Gasteiger partial charge in [0.2, 0.25) is 0 Å². The first-order chi connectivity index (χ1) is 9.22. The van der Waals surface area contributed by atoms with Crippen LogP contribution in [0.1, 0.15) is 19.8 Å². The number of benzene rings is 1. The van der Waals surface area contributed by atoms with Crippen molar-refractivity contribution in [1.82, 2.24) is 4.98 Å². The molecule has 1 aromatic carbocycles. The summed E-state index contributed by atoms with van der Waals surface area (Å²) in [4.78, 5) is 4.60. The molecule has 2 aromatic rings. The van der Waals surface area contributed by atoms with Crippen molar-refractivity contribution in [1.29, 1.82) is 0 Å². The van der Waals surface area contributed by atoms with E-state index in [1.54, 1.807) is 11.3 Å². The van der Waals surface area contributed by atoms with Crippen LogP contribution in [0.2, 0.25) is 5.02 Å². The summed E-state index contributed by atoms with van der Waals surface area (Å²) in [5.74, 6) is 0.671. The smallest absolute Gasteiger partial charge is 0.184 e. The van der Waals surface area contributed by atoms with Crippen molar-refractivity contribution in [2.75, 3.05) is 18.5 Å². The van der Waals surface area contributed by atoms with Crippen molar-refractivity contribution in [2.24, 2.45) is 5.92 Å². The summed E-state index contributed by atoms with van der Waals surface area (Å²) in [7, 11) is 0. The van der Waals surface area contributed by atoms with Gasteiger partial charge < -0.3 is 10.1 Å². The average Bonchev–Trinajstić information content (AvgIpc) is 2.81. The third kappa shape index (κ3) is 3.02. The van der Waals surface area contributed by atoms with E-state index in [-0.39, 0.29) is 0 Å². The van der Waals surface area contributed by atoms with Gasteiger partial charge in [-0.3, -0.25) is 0 Å². The van der Waals surface area contributed by atoms with Crippen molar-refractivity contribution in [2.45, 2.75) is 25.8 Å². The average molecular weight is 297 g/mol. The highest BCUT2D eigenvalue weighted by Crippen LogP contribution is 2.30. The Morgan fingerprint density at radius 2 is 2.21 bits per heavy atom. The predicted octanol–water partition coefficient (Wildman–Crippen LogP) is 4.18. The first kappa shape index (κ1) is 13.2. The van der Waals surface area contributed by atoms with Crippen LogP contribution < -0.4 is 5.32 Å². The van der Waals surface area contributed by atoms with E-state index in [9.17, 15) is 0 Å². The highest BCUT2D eigenvalue weighted by atomic mass is 35.5. The number of hydrogen-bond acceptors (Lipinski definition) is 4. The van der Waals surface area contributed by atoms with Crippen molar-refractivity contribution >= 4 is 38.3 Å². The first-order valence-electron chi connectivity index (χ1n) is 6.63. The van der Waals surface area contributed by atoms with Crippen LogP contribution in [0.5, 0.6) is 0 Å². The zero-order valence-electron chi connectivity index (χ0n) is 10.9. The second kappa shape index (κ2) is 5.65. The van der Waals surface area contributed by atoms with E-state index in [1.165, 1.54) is 4.70 Å². The molecule has 1 atom stereocenters. The Morgan fingerprint density at radius 1 is 1.42 bits per heavy atom. The molecule has 1 aliphatic rings. The quantitative estimate of drug-likeness (QED) is 0.923. The van der Waals surface area contributed by atoms with Crippen LogP contribution in [0, 0.1) is 5.92 Å². The van der Waals surface area contributed by atoms with Gasteiger partial charge >= 0.3 is 0 Å². The summed E-state index contributed by atoms with van der Waals surface area (Å²) < 4.78 is 6.58. The Morgan fingerprint density at radius 3 is 3.00 bits per heavy atom. The van der Waals surface area contributed by atoms with E-state index in [4.69, 9.17) is 16.3 Å². The number of ether oxygens (including phenoxy) is 1. The van der Waals surface area contributed by atoms with Crippen LogP contribution in [0.3, 0.4) is 0 Å². The molecule has 1 aromatic heterocycles. The van der Waals surface area contributed by atoms with E-state index in [0.29, 0.717) is 12.0 Å². The van der Waals surface area contributed by atoms with Gasteiger partial charge in [-0.15, -0.1) is 0 Å². The molecule has 1 aliphatic heterocycles. The fourth-order valence-electron chi connectivity index (χ4n) is 2.49. The molecule has 19 heavy (non-hydrogen) atoms. The van der Waals surface area contributed by atoms with Crippen molar-refractivity contribution in [3.8, 4) is 0 Å². The van der Waals surface area contributed by atoms with Crippen LogP contribution in [-0.2, 0) is 4.74 Å². The van der Waals surface area contributed by atoms with Gasteiger partial charge in [-0.25, -0.2) is 4.98 Å². The number of halogens is 1. The summed E-state index contributed by atoms with van der Waals surface area (Å²) >= 11 is 7.67. The number of nitrogens with one attached hydrogen (secondary N) is 1. The number of hydrogen-bond donors (Lipinski definition) is 1. The van der Waals surface area contributed by atoms with Gasteiger partial charge in [-0.05, 0) is 43.9 Å². The highest BCUT2D eigenvalue weighted by molar-refractivity contribution is 7.22. The monoisotopic (exact) mass is 296 g/mol. The first-order valence-corrected chi connectivity index (χ1v) is 7.82. The molecule has 1 unspecified atom stereocenters. The molecule has 0 bridgehead atoms. The molecule has 3 rings (SSSR count). The van der Waals surface area contributed by atoms with Crippen molar-refractivity contribution in [3.05, 3.63) is 23.2 Å². The molecule has 0 aliphatic carbocycles. The van der Waals surface area contributed by atoms with E-state index in [1.807, 2.05) is 18.2 Å². The van der Waals surface area contributed by atoms with E-state index < -0.39 is 0 Å². The number of anilines is 1. The summed E-state index contributed by atoms with van der Waals surface area (Å²) in [5, 5.41) is 5.25. The zero-order chi connectivity index (χ0) is 13.2. The maximum atomic E-state index is 5.99. The molecule has 2 heterocycles. The van der Waals surface area contributed by atoms with Crippen molar-refractivity contribution in [3.63, 3.8) is 0 Å². The Hall–Kier alpha value is -0.840. The Balaban J connectivity index is 1.73. The predicted molar refractivity (Wildman–Crippen MR) is 81.3 cm³/mol. The number of fused-ring (bicyclic) bond motifs is 1. The molecular weight excluding hydrogens is 280 g/mol. The van der Waals surface area contributed by atoms with Crippen LogP contribution in [0.25, 0.3) is 10.2 Å². The van der Waals surface area contributed by atoms with Gasteiger partial charge in [0, 0.05) is 24.3 Å². The Labute approximate surface area is 121 Å². The lowest BCUT2D eigenvalue weighted by Gasteiger charge is -2.28. The Kier molecular flexibility index (Phi) is 3.91. The lowest BCUT2D eigenvalue weighted by molar-refractivity contribution is 0.0622. The number of aromatic nitrogens is 1. The molecule has 0 amide bonds. The van der Waals surface area contributed by atoms with Gasteiger partial charge in [-0.1, -0.05) is 22.9 Å². The standard InChI is InChI=1S/C14H17ClN2OS/c1-9(10-4-6-18-7-5-10)16-14-17-12-8-11(15)2-3-13(12)19-14/h2-3,8-10H,4-7H2,1H3,(H,16,17). The van der Waals surface area contributed by atoms with Crippen LogP contribution in [0.4, 0.5) is 5.13 Å². The number of thiazole rings is 1. The molecule has 5 heteroatoms. The molecule has 0 radical (unpaired) electrons. The fraction of sp³-hybridized carbons (Fsp3) is 0.500. The van der Waals surface area contributed by atoms with Gasteiger partial charge in [0.05, 0.1) is 10.2 Å². The third-order valence-electron chi connectivity index (χ3n) is 3.67. The van der Waals surface area contributed by atoms with E-state index in [0.717, 1.165) is 41.7 Å². The van der Waals surface area contributed by atoms with E-state index >= 15 is 0 Å². The van der Waals surface area contributed by atoms with Crippen LogP contribution >= 0.6 is 22.9 Å². The lowest BCUT2D eigenvalue weighted by Crippen LogP contribution is -2.30. The van der Waals surface area contributed by atoms with Gasteiger partial charge in [-0.2, -0.15) is 0 Å². The minimum Gasteiger partial charge on any atom is -0.381 e. The summed E-state index contributed by atoms with van der Waals surface area (Å²) in [6, 6.07) is 6.28. The van der Waals surface area contributed by atoms with Crippen LogP contribution in [0.15, 0.2) is 18.2 Å². The topological polar surface area (TPSA) is 34.2 Å². The van der Waals surface area contributed by atoms with Crippen LogP contribution in [-0.4, -0.2) is 24.2 Å². The van der Waals surface area contributed by atoms with Crippen molar-refractivity contribution < 1.29 is 4.74 Å². The largest absolute Gasteiger partial charge is 0.381 e. The molecule has 0 saturated carbocycles. The summed E-state index contributed by atoms with van der Waals surface area (Å²) in [6.45, 7) is 3.99. The second-order valence-corrected chi connectivity index (χ2v) is 6.48. The molecule has 3 nitrogen and oxygen atoms in total. The minimum absolute atomic E-state index is 0.430. The van der Waals surface area contributed by atoms with E-state index in [2.05, 4.69) is 17.2 Å². The second-order valence-electron chi connectivity index (χ2n) is 5.01. The molecular formula is C14H17ClN2OS. The van der Waals surface area contributed by atoms with Gasteiger partial charge in [0.1, 0.15) is 0 Å². The Bertz CT molecular complexity index is 566. The SMILES string of the molecule is CC(Nc1nc2cc(Cl)ccc2s1)C1CCOCC1. The normalized spacial score (nSPS) is 18.6. The van der Waals surface area contributed by atoms with Gasteiger partial charge in [0.25, 0.3) is 0 Å². The molecule has 1 fully saturated rings. The molecule has 102 valence electrons. The molecule has 0 spiro atoms. The number of rotatable bonds is 3. The summed E-state index contributed by atoms with van der Waals surface area (Å²) in [5.41, 5.74) is 0.971. The number of nitrogens with zero attached hydrogens (tertiary/aromatic N) is 1. The zero-order valence-corrected chi connectivity index (χ0v) is 12.4. The maximum absolute atomic E-state index is 5.99.